The third-order valence-electron chi connectivity index (χ3n) is 2.53. The van der Waals surface area contributed by atoms with Gasteiger partial charge in [0.2, 0.25) is 5.91 Å². The number of fused-ring (bicyclic) bond motifs is 1. The lowest BCUT2D eigenvalue weighted by Crippen LogP contribution is -2.08. The quantitative estimate of drug-likeness (QED) is 0.774. The van der Waals surface area contributed by atoms with Crippen molar-refractivity contribution in [1.29, 1.82) is 0 Å². The van der Waals surface area contributed by atoms with Gasteiger partial charge in [-0.05, 0) is 30.2 Å². The Bertz CT molecular complexity index is 494. The number of nitrogens with one attached hydrogen (secondary N) is 1. The van der Waals surface area contributed by atoms with E-state index in [9.17, 15) is 14.0 Å². The lowest BCUT2D eigenvalue weighted by Gasteiger charge is -2.06. The van der Waals surface area contributed by atoms with Gasteiger partial charge in [0.1, 0.15) is 5.82 Å². The van der Waals surface area contributed by atoms with Gasteiger partial charge < -0.3 is 5.32 Å². The van der Waals surface area contributed by atoms with E-state index in [1.807, 2.05) is 0 Å². The van der Waals surface area contributed by atoms with Crippen molar-refractivity contribution in [2.24, 2.45) is 0 Å². The highest BCUT2D eigenvalue weighted by molar-refractivity contribution is 6.02. The smallest absolute Gasteiger partial charge is 0.247 e. The van der Waals surface area contributed by atoms with E-state index < -0.39 is 11.7 Å². The molecule has 3 nitrogen and oxygen atoms in total. The molecule has 82 valence electrons. The highest BCUT2D eigenvalue weighted by Crippen LogP contribution is 2.27. The molecule has 0 saturated heterocycles. The summed E-state index contributed by atoms with van der Waals surface area (Å²) >= 11 is 0. The van der Waals surface area contributed by atoms with Crippen LogP contribution < -0.4 is 5.32 Å². The Kier molecular flexibility index (Phi) is 2.56. The molecule has 4 heteroatoms. The first-order chi connectivity index (χ1) is 7.61. The first-order valence-corrected chi connectivity index (χ1v) is 4.91. The highest BCUT2D eigenvalue weighted by Gasteiger charge is 2.24. The van der Waals surface area contributed by atoms with Crippen LogP contribution in [-0.4, -0.2) is 11.7 Å². The summed E-state index contributed by atoms with van der Waals surface area (Å²) in [6.07, 6.45) is 1.98. The maximum Gasteiger partial charge on any atom is 0.247 e. The summed E-state index contributed by atoms with van der Waals surface area (Å²) in [7, 11) is 0. The van der Waals surface area contributed by atoms with Gasteiger partial charge in [-0.15, -0.1) is 0 Å². The second-order valence-corrected chi connectivity index (χ2v) is 3.61. The number of carbonyl (C=O) groups is 2. The zero-order chi connectivity index (χ0) is 11.7. The average Bonchev–Trinajstić information content (AvgIpc) is 2.60. The molecule has 1 aliphatic rings. The SMILES string of the molecule is C=CC(=O)Nc1cc(F)c2c(c1)CCC2=O. The molecule has 0 bridgehead atoms. The molecule has 1 aromatic rings. The predicted molar refractivity (Wildman–Crippen MR) is 57.9 cm³/mol. The number of amides is 1. The molecule has 1 amide bonds. The molecule has 16 heavy (non-hydrogen) atoms. The van der Waals surface area contributed by atoms with Crippen molar-refractivity contribution in [2.45, 2.75) is 12.8 Å². The Labute approximate surface area is 92.0 Å². The van der Waals surface area contributed by atoms with E-state index in [1.54, 1.807) is 6.07 Å². The van der Waals surface area contributed by atoms with Crippen molar-refractivity contribution in [3.05, 3.63) is 41.7 Å². The minimum absolute atomic E-state index is 0.164. The van der Waals surface area contributed by atoms with Crippen molar-refractivity contribution in [3.63, 3.8) is 0 Å². The first kappa shape index (κ1) is 10.5. The van der Waals surface area contributed by atoms with Crippen LogP contribution in [-0.2, 0) is 11.2 Å². The van der Waals surface area contributed by atoms with Crippen molar-refractivity contribution >= 4 is 17.4 Å². The van der Waals surface area contributed by atoms with E-state index in [1.165, 1.54) is 0 Å². The molecule has 0 saturated carbocycles. The lowest BCUT2D eigenvalue weighted by molar-refractivity contribution is -0.111. The molecule has 0 radical (unpaired) electrons. The molecule has 2 rings (SSSR count). The lowest BCUT2D eigenvalue weighted by atomic mass is 10.1. The van der Waals surface area contributed by atoms with Gasteiger partial charge in [-0.25, -0.2) is 4.39 Å². The molecule has 1 N–H and O–H groups in total. The third kappa shape index (κ3) is 1.74. The van der Waals surface area contributed by atoms with Gasteiger partial charge in [0.25, 0.3) is 0 Å². The summed E-state index contributed by atoms with van der Waals surface area (Å²) in [5.74, 6) is -1.14. The summed E-state index contributed by atoms with van der Waals surface area (Å²) in [6, 6.07) is 2.79. The van der Waals surface area contributed by atoms with Gasteiger partial charge in [-0.3, -0.25) is 9.59 Å². The number of Topliss-reactive ketones (excluding diaryl/α,β-unsaturated/α-hetero) is 1. The number of ketones is 1. The van der Waals surface area contributed by atoms with Gasteiger partial charge in [0.15, 0.2) is 5.78 Å². The number of anilines is 1. The first-order valence-electron chi connectivity index (χ1n) is 4.91. The van der Waals surface area contributed by atoms with Crippen LogP contribution in [0.3, 0.4) is 0 Å². The number of aryl methyl sites for hydroxylation is 1. The molecule has 1 aliphatic carbocycles. The normalized spacial score (nSPS) is 13.4. The van der Waals surface area contributed by atoms with Gasteiger partial charge in [0, 0.05) is 12.1 Å². The maximum absolute atomic E-state index is 13.6. The third-order valence-corrected chi connectivity index (χ3v) is 2.53. The van der Waals surface area contributed by atoms with Gasteiger partial charge in [-0.2, -0.15) is 0 Å². The Morgan fingerprint density at radius 2 is 2.19 bits per heavy atom. The van der Waals surface area contributed by atoms with Crippen LogP contribution in [0.5, 0.6) is 0 Å². The second kappa shape index (κ2) is 3.89. The van der Waals surface area contributed by atoms with E-state index in [4.69, 9.17) is 0 Å². The molecule has 0 heterocycles. The van der Waals surface area contributed by atoms with Gasteiger partial charge >= 0.3 is 0 Å². The molecular weight excluding hydrogens is 209 g/mol. The van der Waals surface area contributed by atoms with Gasteiger partial charge in [-0.1, -0.05) is 6.58 Å². The van der Waals surface area contributed by atoms with E-state index in [0.717, 1.165) is 12.1 Å². The Morgan fingerprint density at radius 1 is 1.44 bits per heavy atom. The van der Waals surface area contributed by atoms with Crippen LogP contribution in [0.4, 0.5) is 10.1 Å². The Hall–Kier alpha value is -1.97. The summed E-state index contributed by atoms with van der Waals surface area (Å²) in [5, 5.41) is 2.47. The Morgan fingerprint density at radius 3 is 2.88 bits per heavy atom. The highest BCUT2D eigenvalue weighted by atomic mass is 19.1. The molecule has 0 fully saturated rings. The summed E-state index contributed by atoms with van der Waals surface area (Å²) in [4.78, 5) is 22.4. The average molecular weight is 219 g/mol. The van der Waals surface area contributed by atoms with E-state index in [0.29, 0.717) is 24.1 Å². The van der Waals surface area contributed by atoms with Crippen molar-refractivity contribution in [3.8, 4) is 0 Å². The number of halogens is 1. The minimum atomic E-state index is -0.570. The summed E-state index contributed by atoms with van der Waals surface area (Å²) < 4.78 is 13.6. The predicted octanol–water partition coefficient (Wildman–Crippen LogP) is 2.08. The molecule has 0 aliphatic heterocycles. The molecule has 0 unspecified atom stereocenters. The number of rotatable bonds is 2. The number of carbonyl (C=O) groups excluding carboxylic acids is 2. The molecule has 0 aromatic heterocycles. The van der Waals surface area contributed by atoms with E-state index in [-0.39, 0.29) is 11.3 Å². The Balaban J connectivity index is 2.38. The van der Waals surface area contributed by atoms with E-state index in [2.05, 4.69) is 11.9 Å². The minimum Gasteiger partial charge on any atom is -0.322 e. The molecule has 1 aromatic carbocycles. The maximum atomic E-state index is 13.6. The van der Waals surface area contributed by atoms with Gasteiger partial charge in [0.05, 0.1) is 5.56 Å². The van der Waals surface area contributed by atoms with Crippen LogP contribution >= 0.6 is 0 Å². The number of hydrogen-bond acceptors (Lipinski definition) is 2. The zero-order valence-corrected chi connectivity index (χ0v) is 8.55. The standard InChI is InChI=1S/C12H10FNO2/c1-2-11(16)14-8-5-7-3-4-10(15)12(7)9(13)6-8/h2,5-6H,1,3-4H2,(H,14,16). The number of hydrogen-bond donors (Lipinski definition) is 1. The van der Waals surface area contributed by atoms with Crippen molar-refractivity contribution in [1.82, 2.24) is 0 Å². The monoisotopic (exact) mass is 219 g/mol. The fourth-order valence-electron chi connectivity index (χ4n) is 1.81. The van der Waals surface area contributed by atoms with E-state index >= 15 is 0 Å². The van der Waals surface area contributed by atoms with Crippen LogP contribution in [0.25, 0.3) is 0 Å². The second-order valence-electron chi connectivity index (χ2n) is 3.61. The summed E-state index contributed by atoms with van der Waals surface area (Å²) in [6.45, 7) is 3.30. The molecule has 0 atom stereocenters. The largest absolute Gasteiger partial charge is 0.322 e. The van der Waals surface area contributed by atoms with Crippen molar-refractivity contribution < 1.29 is 14.0 Å². The topological polar surface area (TPSA) is 46.2 Å². The molecular formula is C12H10FNO2. The fourth-order valence-corrected chi connectivity index (χ4v) is 1.81. The number of benzene rings is 1. The van der Waals surface area contributed by atoms with Crippen LogP contribution in [0.1, 0.15) is 22.3 Å². The van der Waals surface area contributed by atoms with Crippen LogP contribution in [0, 0.1) is 5.82 Å². The molecule has 0 spiro atoms. The van der Waals surface area contributed by atoms with Crippen LogP contribution in [0.2, 0.25) is 0 Å². The zero-order valence-electron chi connectivity index (χ0n) is 8.55. The van der Waals surface area contributed by atoms with Crippen molar-refractivity contribution in [2.75, 3.05) is 5.32 Å². The fraction of sp³-hybridized carbons (Fsp3) is 0.167. The summed E-state index contributed by atoms with van der Waals surface area (Å²) in [5.41, 5.74) is 1.18. The van der Waals surface area contributed by atoms with Crippen LogP contribution in [0.15, 0.2) is 24.8 Å².